The molecule has 0 unspecified atom stereocenters. The van der Waals surface area contributed by atoms with E-state index in [1.54, 1.807) is 12.4 Å². The highest BCUT2D eigenvalue weighted by atomic mass is 16.5. The van der Waals surface area contributed by atoms with Crippen LogP contribution in [0.15, 0.2) is 18.6 Å². The van der Waals surface area contributed by atoms with Crippen molar-refractivity contribution < 1.29 is 9.53 Å². The second-order valence-corrected chi connectivity index (χ2v) is 3.49. The van der Waals surface area contributed by atoms with Crippen molar-refractivity contribution in [3.63, 3.8) is 0 Å². The molecule has 1 saturated heterocycles. The Balaban J connectivity index is 1.91. The highest BCUT2D eigenvalue weighted by Gasteiger charge is 2.21. The number of carbonyl (C=O) groups excluding carboxylic acids is 1. The van der Waals surface area contributed by atoms with Gasteiger partial charge in [-0.1, -0.05) is 0 Å². The van der Waals surface area contributed by atoms with Gasteiger partial charge >= 0.3 is 0 Å². The molecule has 1 atom stereocenters. The Morgan fingerprint density at radius 3 is 3.13 bits per heavy atom. The monoisotopic (exact) mass is 207 g/mol. The number of anilines is 1. The molecule has 1 aliphatic heterocycles. The molecule has 15 heavy (non-hydrogen) atoms. The predicted molar refractivity (Wildman–Crippen MR) is 54.2 cm³/mol. The summed E-state index contributed by atoms with van der Waals surface area (Å²) >= 11 is 0. The topological polar surface area (TPSA) is 64.1 Å². The van der Waals surface area contributed by atoms with E-state index in [1.165, 1.54) is 6.20 Å². The molecule has 2 heterocycles. The fourth-order valence-corrected chi connectivity index (χ4v) is 1.54. The van der Waals surface area contributed by atoms with Gasteiger partial charge in [-0.2, -0.15) is 0 Å². The van der Waals surface area contributed by atoms with Crippen LogP contribution in [0.5, 0.6) is 0 Å². The Morgan fingerprint density at radius 2 is 2.47 bits per heavy atom. The van der Waals surface area contributed by atoms with Crippen LogP contribution in [0.4, 0.5) is 5.82 Å². The number of nitrogens with one attached hydrogen (secondary N) is 1. The van der Waals surface area contributed by atoms with Crippen molar-refractivity contribution >= 4 is 11.7 Å². The lowest BCUT2D eigenvalue weighted by molar-refractivity contribution is -0.123. The maximum Gasteiger partial charge on any atom is 0.231 e. The Morgan fingerprint density at radius 1 is 1.53 bits per heavy atom. The quantitative estimate of drug-likeness (QED) is 0.780. The van der Waals surface area contributed by atoms with Crippen LogP contribution in [0.3, 0.4) is 0 Å². The number of hydrogen-bond acceptors (Lipinski definition) is 4. The summed E-state index contributed by atoms with van der Waals surface area (Å²) in [4.78, 5) is 19.6. The molecule has 5 nitrogen and oxygen atoms in total. The lowest BCUT2D eigenvalue weighted by Gasteiger charge is -2.20. The van der Waals surface area contributed by atoms with Crippen molar-refractivity contribution in [3.8, 4) is 0 Å². The van der Waals surface area contributed by atoms with E-state index in [-0.39, 0.29) is 11.8 Å². The van der Waals surface area contributed by atoms with E-state index in [9.17, 15) is 4.79 Å². The third-order valence-corrected chi connectivity index (χ3v) is 2.35. The zero-order valence-electron chi connectivity index (χ0n) is 8.35. The SMILES string of the molecule is O=C(Nc1cnccn1)[C@H]1CCCOC1. The Bertz CT molecular complexity index is 323. The summed E-state index contributed by atoms with van der Waals surface area (Å²) in [5.41, 5.74) is 0. The molecule has 0 saturated carbocycles. The van der Waals surface area contributed by atoms with Crippen LogP contribution in [0, 0.1) is 5.92 Å². The van der Waals surface area contributed by atoms with Crippen LogP contribution in [0.25, 0.3) is 0 Å². The molecule has 80 valence electrons. The highest BCUT2D eigenvalue weighted by molar-refractivity contribution is 5.91. The average Bonchev–Trinajstić information content (AvgIpc) is 2.31. The second-order valence-electron chi connectivity index (χ2n) is 3.49. The molecule has 0 aromatic carbocycles. The molecule has 1 aromatic rings. The molecule has 0 bridgehead atoms. The lowest BCUT2D eigenvalue weighted by atomic mass is 10.0. The van der Waals surface area contributed by atoms with Gasteiger partial charge in [-0.3, -0.25) is 9.78 Å². The Hall–Kier alpha value is -1.49. The molecular weight excluding hydrogens is 194 g/mol. The van der Waals surface area contributed by atoms with E-state index < -0.39 is 0 Å². The third kappa shape index (κ3) is 2.73. The van der Waals surface area contributed by atoms with Crippen LogP contribution in [0.2, 0.25) is 0 Å². The summed E-state index contributed by atoms with van der Waals surface area (Å²) in [6.45, 7) is 1.26. The predicted octanol–water partition coefficient (Wildman–Crippen LogP) is 0.842. The fraction of sp³-hybridized carbons (Fsp3) is 0.500. The molecule has 0 radical (unpaired) electrons. The van der Waals surface area contributed by atoms with Gasteiger partial charge in [-0.15, -0.1) is 0 Å². The van der Waals surface area contributed by atoms with E-state index in [1.807, 2.05) is 0 Å². The van der Waals surface area contributed by atoms with Gasteiger partial charge in [0, 0.05) is 19.0 Å². The second kappa shape index (κ2) is 4.84. The summed E-state index contributed by atoms with van der Waals surface area (Å²) in [5, 5.41) is 2.72. The minimum Gasteiger partial charge on any atom is -0.381 e. The first kappa shape index (κ1) is 10.0. The fourth-order valence-electron chi connectivity index (χ4n) is 1.54. The summed E-state index contributed by atoms with van der Waals surface area (Å²) in [6, 6.07) is 0. The maximum atomic E-state index is 11.7. The zero-order valence-corrected chi connectivity index (χ0v) is 8.35. The van der Waals surface area contributed by atoms with E-state index in [0.717, 1.165) is 19.4 Å². The van der Waals surface area contributed by atoms with Crippen molar-refractivity contribution in [2.45, 2.75) is 12.8 Å². The third-order valence-electron chi connectivity index (χ3n) is 2.35. The van der Waals surface area contributed by atoms with Crippen molar-refractivity contribution in [3.05, 3.63) is 18.6 Å². The van der Waals surface area contributed by atoms with Crippen LogP contribution in [0.1, 0.15) is 12.8 Å². The van der Waals surface area contributed by atoms with Gasteiger partial charge in [-0.05, 0) is 12.8 Å². The van der Waals surface area contributed by atoms with Crippen molar-refractivity contribution in [2.24, 2.45) is 5.92 Å². The first-order chi connectivity index (χ1) is 7.36. The summed E-state index contributed by atoms with van der Waals surface area (Å²) in [7, 11) is 0. The standard InChI is InChI=1S/C10H13N3O2/c14-10(8-2-1-5-15-7-8)13-9-6-11-3-4-12-9/h3-4,6,8H,1-2,5,7H2,(H,12,13,14)/t8-/m0/s1. The first-order valence-corrected chi connectivity index (χ1v) is 5.01. The van der Waals surface area contributed by atoms with Gasteiger partial charge < -0.3 is 10.1 Å². The number of ether oxygens (including phenoxy) is 1. The van der Waals surface area contributed by atoms with Crippen molar-refractivity contribution in [1.29, 1.82) is 0 Å². The summed E-state index contributed by atoms with van der Waals surface area (Å²) in [6.07, 6.45) is 6.47. The maximum absolute atomic E-state index is 11.7. The van der Waals surface area contributed by atoms with E-state index >= 15 is 0 Å². The summed E-state index contributed by atoms with van der Waals surface area (Å²) < 4.78 is 5.24. The minimum atomic E-state index is -0.0549. The molecular formula is C10H13N3O2. The molecule has 1 aliphatic rings. The molecule has 1 aromatic heterocycles. The highest BCUT2D eigenvalue weighted by Crippen LogP contribution is 2.15. The Labute approximate surface area is 87.9 Å². The van der Waals surface area contributed by atoms with Gasteiger partial charge in [-0.25, -0.2) is 4.98 Å². The van der Waals surface area contributed by atoms with Gasteiger partial charge in [0.15, 0.2) is 5.82 Å². The van der Waals surface area contributed by atoms with Gasteiger partial charge in [0.2, 0.25) is 5.91 Å². The van der Waals surface area contributed by atoms with E-state index in [2.05, 4.69) is 15.3 Å². The number of aromatic nitrogens is 2. The molecule has 1 amide bonds. The lowest BCUT2D eigenvalue weighted by Crippen LogP contribution is -2.30. The van der Waals surface area contributed by atoms with Gasteiger partial charge in [0.05, 0.1) is 18.7 Å². The average molecular weight is 207 g/mol. The van der Waals surface area contributed by atoms with Crippen molar-refractivity contribution in [2.75, 3.05) is 18.5 Å². The smallest absolute Gasteiger partial charge is 0.231 e. The molecule has 0 spiro atoms. The number of carbonyl (C=O) groups is 1. The Kier molecular flexibility index (Phi) is 3.24. The number of rotatable bonds is 2. The first-order valence-electron chi connectivity index (χ1n) is 5.01. The van der Waals surface area contributed by atoms with Crippen LogP contribution < -0.4 is 5.32 Å². The normalized spacial score (nSPS) is 20.9. The number of nitrogens with zero attached hydrogens (tertiary/aromatic N) is 2. The van der Waals surface area contributed by atoms with Crippen molar-refractivity contribution in [1.82, 2.24) is 9.97 Å². The molecule has 0 aliphatic carbocycles. The molecule has 1 fully saturated rings. The summed E-state index contributed by atoms with van der Waals surface area (Å²) in [5.74, 6) is 0.407. The van der Waals surface area contributed by atoms with Crippen LogP contribution in [-0.2, 0) is 9.53 Å². The van der Waals surface area contributed by atoms with Crippen LogP contribution >= 0.6 is 0 Å². The molecule has 1 N–H and O–H groups in total. The van der Waals surface area contributed by atoms with Gasteiger partial charge in [0.1, 0.15) is 0 Å². The minimum absolute atomic E-state index is 0.0322. The molecule has 2 rings (SSSR count). The van der Waals surface area contributed by atoms with Gasteiger partial charge in [0.25, 0.3) is 0 Å². The van der Waals surface area contributed by atoms with E-state index in [0.29, 0.717) is 12.4 Å². The van der Waals surface area contributed by atoms with E-state index in [4.69, 9.17) is 4.74 Å². The van der Waals surface area contributed by atoms with Crippen LogP contribution in [-0.4, -0.2) is 29.1 Å². The zero-order chi connectivity index (χ0) is 10.5. The number of amides is 1. The molecule has 5 heteroatoms. The largest absolute Gasteiger partial charge is 0.381 e. The number of hydrogen-bond donors (Lipinski definition) is 1.